The van der Waals surface area contributed by atoms with Gasteiger partial charge < -0.3 is 0 Å². The van der Waals surface area contributed by atoms with Crippen LogP contribution in [0.4, 0.5) is 0 Å². The maximum Gasteiger partial charge on any atom is 0.254 e. The zero-order chi connectivity index (χ0) is 20.1. The molecule has 3 rings (SSSR count). The standard InChI is InChI=1S/C18H21BrN4O3S2/c1-14(17-3-2-12-27-17)20-21-18(24)13-22-8-10-23(11-9-22)28(25,26)16-6-4-15(19)5-7-16/h2-7,12H,8-11,13H2,1H3,(H,21,24)/b20-14+. The van der Waals surface area contributed by atoms with Crippen molar-refractivity contribution in [2.45, 2.75) is 11.8 Å². The number of nitrogens with zero attached hydrogens (tertiary/aromatic N) is 3. The van der Waals surface area contributed by atoms with Crippen LogP contribution in [0.5, 0.6) is 0 Å². The van der Waals surface area contributed by atoms with E-state index in [1.807, 2.05) is 29.3 Å². The Balaban J connectivity index is 1.50. The first-order chi connectivity index (χ1) is 13.4. The lowest BCUT2D eigenvalue weighted by atomic mass is 10.3. The van der Waals surface area contributed by atoms with Crippen LogP contribution in [-0.2, 0) is 14.8 Å². The normalized spacial score (nSPS) is 16.9. The lowest BCUT2D eigenvalue weighted by Crippen LogP contribution is -2.50. The molecule has 10 heteroatoms. The van der Waals surface area contributed by atoms with Gasteiger partial charge in [0.05, 0.1) is 17.2 Å². The summed E-state index contributed by atoms with van der Waals surface area (Å²) in [5.41, 5.74) is 3.33. The Hall–Kier alpha value is -1.59. The van der Waals surface area contributed by atoms with Gasteiger partial charge in [0.1, 0.15) is 0 Å². The molecule has 0 radical (unpaired) electrons. The summed E-state index contributed by atoms with van der Waals surface area (Å²) in [6.07, 6.45) is 0. The molecule has 0 unspecified atom stereocenters. The summed E-state index contributed by atoms with van der Waals surface area (Å²) in [7, 11) is -3.51. The maximum absolute atomic E-state index is 12.7. The molecule has 150 valence electrons. The Bertz CT molecular complexity index is 936. The van der Waals surface area contributed by atoms with Gasteiger partial charge in [0.15, 0.2) is 0 Å². The molecule has 1 N–H and O–H groups in total. The molecular weight excluding hydrogens is 464 g/mol. The molecule has 0 aliphatic carbocycles. The van der Waals surface area contributed by atoms with Crippen molar-refractivity contribution in [2.75, 3.05) is 32.7 Å². The number of rotatable bonds is 6. The van der Waals surface area contributed by atoms with Gasteiger partial charge in [-0.05, 0) is 42.6 Å². The van der Waals surface area contributed by atoms with Crippen molar-refractivity contribution in [1.29, 1.82) is 0 Å². The van der Waals surface area contributed by atoms with Gasteiger partial charge in [-0.15, -0.1) is 11.3 Å². The molecule has 1 amide bonds. The largest absolute Gasteiger partial charge is 0.292 e. The fourth-order valence-corrected chi connectivity index (χ4v) is 5.17. The Labute approximate surface area is 177 Å². The SMILES string of the molecule is C/C(=N\NC(=O)CN1CCN(S(=O)(=O)c2ccc(Br)cc2)CC1)c1cccs1. The van der Waals surface area contributed by atoms with Crippen LogP contribution in [0.2, 0.25) is 0 Å². The van der Waals surface area contributed by atoms with Crippen molar-refractivity contribution in [3.63, 3.8) is 0 Å². The molecule has 0 atom stereocenters. The van der Waals surface area contributed by atoms with Crippen molar-refractivity contribution in [3.05, 3.63) is 51.1 Å². The summed E-state index contributed by atoms with van der Waals surface area (Å²) in [6, 6.07) is 10.5. The number of nitrogens with one attached hydrogen (secondary N) is 1. The molecule has 1 saturated heterocycles. The minimum absolute atomic E-state index is 0.188. The number of amides is 1. The van der Waals surface area contributed by atoms with Crippen molar-refractivity contribution >= 4 is 48.9 Å². The zero-order valence-electron chi connectivity index (χ0n) is 15.3. The lowest BCUT2D eigenvalue weighted by molar-refractivity contribution is -0.122. The Morgan fingerprint density at radius 3 is 2.46 bits per heavy atom. The minimum atomic E-state index is -3.51. The number of hydrogen-bond acceptors (Lipinski definition) is 6. The van der Waals surface area contributed by atoms with Crippen LogP contribution >= 0.6 is 27.3 Å². The van der Waals surface area contributed by atoms with Gasteiger partial charge in [0, 0.05) is 35.5 Å². The molecule has 1 aromatic heterocycles. The van der Waals surface area contributed by atoms with E-state index in [-0.39, 0.29) is 17.3 Å². The van der Waals surface area contributed by atoms with Crippen LogP contribution in [0, 0.1) is 0 Å². The van der Waals surface area contributed by atoms with E-state index in [2.05, 4.69) is 26.5 Å². The molecule has 0 saturated carbocycles. The number of halogens is 1. The highest BCUT2D eigenvalue weighted by atomic mass is 79.9. The number of carbonyl (C=O) groups excluding carboxylic acids is 1. The third-order valence-corrected chi connectivity index (χ3v) is 7.80. The predicted molar refractivity (Wildman–Crippen MR) is 114 cm³/mol. The molecule has 0 spiro atoms. The number of carbonyl (C=O) groups is 1. The van der Waals surface area contributed by atoms with Gasteiger partial charge in [-0.1, -0.05) is 22.0 Å². The fraction of sp³-hybridized carbons (Fsp3) is 0.333. The number of hydrogen-bond donors (Lipinski definition) is 1. The van der Waals surface area contributed by atoms with Gasteiger partial charge in [-0.25, -0.2) is 13.8 Å². The van der Waals surface area contributed by atoms with Crippen molar-refractivity contribution in [2.24, 2.45) is 5.10 Å². The van der Waals surface area contributed by atoms with Gasteiger partial charge in [0.2, 0.25) is 10.0 Å². The van der Waals surface area contributed by atoms with Crippen molar-refractivity contribution in [1.82, 2.24) is 14.6 Å². The minimum Gasteiger partial charge on any atom is -0.292 e. The van der Waals surface area contributed by atoms with E-state index in [9.17, 15) is 13.2 Å². The van der Waals surface area contributed by atoms with Crippen LogP contribution in [0.25, 0.3) is 0 Å². The zero-order valence-corrected chi connectivity index (χ0v) is 18.6. The van der Waals surface area contributed by atoms with E-state index in [0.717, 1.165) is 15.1 Å². The monoisotopic (exact) mass is 484 g/mol. The fourth-order valence-electron chi connectivity index (χ4n) is 2.81. The number of sulfonamides is 1. The van der Waals surface area contributed by atoms with Crippen LogP contribution in [0.3, 0.4) is 0 Å². The van der Waals surface area contributed by atoms with Crippen LogP contribution < -0.4 is 5.43 Å². The highest BCUT2D eigenvalue weighted by Crippen LogP contribution is 2.20. The van der Waals surface area contributed by atoms with E-state index in [1.165, 1.54) is 4.31 Å². The Kier molecular flexibility index (Phi) is 7.00. The summed E-state index contributed by atoms with van der Waals surface area (Å²) in [5, 5.41) is 6.08. The number of piperazine rings is 1. The molecule has 2 aromatic rings. The third-order valence-electron chi connectivity index (χ3n) is 4.38. The second-order valence-corrected chi connectivity index (χ2v) is 10.1. The lowest BCUT2D eigenvalue weighted by Gasteiger charge is -2.33. The molecule has 0 bridgehead atoms. The van der Waals surface area contributed by atoms with Crippen molar-refractivity contribution < 1.29 is 13.2 Å². The molecule has 1 aliphatic rings. The Morgan fingerprint density at radius 1 is 1.18 bits per heavy atom. The number of hydrazone groups is 1. The van der Waals surface area contributed by atoms with E-state index in [1.54, 1.807) is 35.6 Å². The van der Waals surface area contributed by atoms with Crippen molar-refractivity contribution in [3.8, 4) is 0 Å². The second kappa shape index (κ2) is 9.27. The molecule has 1 fully saturated rings. The molecule has 28 heavy (non-hydrogen) atoms. The van der Waals surface area contributed by atoms with Gasteiger partial charge in [-0.2, -0.15) is 9.41 Å². The van der Waals surface area contributed by atoms with Gasteiger partial charge in [0.25, 0.3) is 5.91 Å². The smallest absolute Gasteiger partial charge is 0.254 e. The summed E-state index contributed by atoms with van der Waals surface area (Å²) < 4.78 is 27.7. The first kappa shape index (κ1) is 21.1. The molecule has 2 heterocycles. The van der Waals surface area contributed by atoms with Crippen LogP contribution in [0.1, 0.15) is 11.8 Å². The highest BCUT2D eigenvalue weighted by molar-refractivity contribution is 9.10. The van der Waals surface area contributed by atoms with Crippen LogP contribution in [-0.4, -0.2) is 62.0 Å². The van der Waals surface area contributed by atoms with E-state index < -0.39 is 10.0 Å². The quantitative estimate of drug-likeness (QED) is 0.503. The van der Waals surface area contributed by atoms with E-state index in [0.29, 0.717) is 26.2 Å². The predicted octanol–water partition coefficient (Wildman–Crippen LogP) is 2.36. The molecule has 1 aliphatic heterocycles. The average molecular weight is 485 g/mol. The second-order valence-electron chi connectivity index (χ2n) is 6.34. The average Bonchev–Trinajstić information content (AvgIpc) is 3.22. The molecule has 1 aromatic carbocycles. The van der Waals surface area contributed by atoms with E-state index in [4.69, 9.17) is 0 Å². The first-order valence-electron chi connectivity index (χ1n) is 8.71. The summed E-state index contributed by atoms with van der Waals surface area (Å²) in [5.74, 6) is -0.208. The maximum atomic E-state index is 12.7. The first-order valence-corrected chi connectivity index (χ1v) is 11.8. The highest BCUT2D eigenvalue weighted by Gasteiger charge is 2.28. The van der Waals surface area contributed by atoms with E-state index >= 15 is 0 Å². The summed E-state index contributed by atoms with van der Waals surface area (Å²) >= 11 is 4.87. The van der Waals surface area contributed by atoms with Gasteiger partial charge in [-0.3, -0.25) is 9.69 Å². The van der Waals surface area contributed by atoms with Crippen LogP contribution in [0.15, 0.2) is 56.2 Å². The number of thiophene rings is 1. The summed E-state index contributed by atoms with van der Waals surface area (Å²) in [6.45, 7) is 3.73. The molecule has 7 nitrogen and oxygen atoms in total. The summed E-state index contributed by atoms with van der Waals surface area (Å²) in [4.78, 5) is 15.3. The third kappa shape index (κ3) is 5.26. The topological polar surface area (TPSA) is 82.1 Å². The Morgan fingerprint density at radius 2 is 1.86 bits per heavy atom. The van der Waals surface area contributed by atoms with Gasteiger partial charge >= 0.3 is 0 Å². The number of benzene rings is 1. The molecular formula is C18H21BrN4O3S2.